The number of benzene rings is 3. The van der Waals surface area contributed by atoms with Gasteiger partial charge in [0, 0.05) is 11.8 Å². The van der Waals surface area contributed by atoms with E-state index in [0.29, 0.717) is 30.4 Å². The van der Waals surface area contributed by atoms with Crippen LogP contribution in [-0.4, -0.2) is 38.8 Å². The Bertz CT molecular complexity index is 1130. The predicted octanol–water partition coefficient (Wildman–Crippen LogP) is 3.91. The molecule has 1 heterocycles. The molecule has 160 valence electrons. The second-order valence-corrected chi connectivity index (χ2v) is 7.21. The van der Waals surface area contributed by atoms with Crippen molar-refractivity contribution in [1.82, 2.24) is 0 Å². The van der Waals surface area contributed by atoms with E-state index in [1.807, 2.05) is 36.4 Å². The Hall–Kier alpha value is -3.74. The Balaban J connectivity index is 1.34. The smallest absolute Gasteiger partial charge is 0.313 e. The molecular weight excluding hydrogens is 398 g/mol. The molecule has 3 aromatic carbocycles. The number of hydrogen-bond acceptors (Lipinski definition) is 6. The molecule has 0 saturated carbocycles. The topological polar surface area (TPSA) is 83.1 Å². The van der Waals surface area contributed by atoms with Crippen LogP contribution in [0.25, 0.3) is 10.8 Å². The van der Waals surface area contributed by atoms with Gasteiger partial charge in [0.05, 0.1) is 13.0 Å². The van der Waals surface area contributed by atoms with Crippen molar-refractivity contribution < 1.29 is 28.5 Å². The zero-order chi connectivity index (χ0) is 21.8. The average Bonchev–Trinajstić information content (AvgIpc) is 2.81. The van der Waals surface area contributed by atoms with E-state index in [-0.39, 0.29) is 6.61 Å². The summed E-state index contributed by atoms with van der Waals surface area (Å²) >= 11 is 0. The highest BCUT2D eigenvalue weighted by Gasteiger charge is 2.19. The van der Waals surface area contributed by atoms with Crippen molar-refractivity contribution in [3.8, 4) is 17.2 Å². The Labute approximate surface area is 179 Å². The van der Waals surface area contributed by atoms with Crippen LogP contribution in [0, 0.1) is 0 Å². The summed E-state index contributed by atoms with van der Waals surface area (Å²) in [5, 5.41) is 4.71. The van der Waals surface area contributed by atoms with Crippen molar-refractivity contribution >= 4 is 28.3 Å². The number of rotatable bonds is 6. The molecule has 0 fully saturated rings. The van der Waals surface area contributed by atoms with E-state index in [4.69, 9.17) is 18.9 Å². The van der Waals surface area contributed by atoms with Gasteiger partial charge in [0.2, 0.25) is 0 Å². The van der Waals surface area contributed by atoms with Gasteiger partial charge in [0.15, 0.2) is 18.1 Å². The number of carbonyl (C=O) groups is 2. The van der Waals surface area contributed by atoms with E-state index in [0.717, 1.165) is 22.1 Å². The molecule has 7 nitrogen and oxygen atoms in total. The van der Waals surface area contributed by atoms with Crippen LogP contribution in [0.2, 0.25) is 0 Å². The number of methoxy groups -OCH3 is 1. The lowest BCUT2D eigenvalue weighted by atomic mass is 9.98. The fourth-order valence-electron chi connectivity index (χ4n) is 3.35. The van der Waals surface area contributed by atoms with Gasteiger partial charge >= 0.3 is 5.97 Å². The Morgan fingerprint density at radius 2 is 1.71 bits per heavy atom. The van der Waals surface area contributed by atoms with E-state index in [9.17, 15) is 9.59 Å². The fourth-order valence-corrected chi connectivity index (χ4v) is 3.35. The minimum absolute atomic E-state index is 0.373. The predicted molar refractivity (Wildman–Crippen MR) is 116 cm³/mol. The molecule has 0 bridgehead atoms. The standard InChI is InChI=1S/C24H23NO6/c1-15(16-3-4-18-12-20(28-2)7-5-17(18)11-16)24(27)31-14-23(26)25-19-6-8-21-22(13-19)30-10-9-29-21/h3-8,11-13,15H,9-10,14H2,1-2H3,(H,25,26)/t15-/m0/s1. The summed E-state index contributed by atoms with van der Waals surface area (Å²) in [5.41, 5.74) is 1.36. The third kappa shape index (κ3) is 4.71. The summed E-state index contributed by atoms with van der Waals surface area (Å²) in [6.07, 6.45) is 0. The number of ether oxygens (including phenoxy) is 4. The van der Waals surface area contributed by atoms with E-state index in [1.165, 1.54) is 0 Å². The van der Waals surface area contributed by atoms with E-state index in [2.05, 4.69) is 5.32 Å². The highest BCUT2D eigenvalue weighted by atomic mass is 16.6. The molecule has 1 atom stereocenters. The first-order chi connectivity index (χ1) is 15.0. The van der Waals surface area contributed by atoms with E-state index >= 15 is 0 Å². The first kappa shape index (κ1) is 20.5. The summed E-state index contributed by atoms with van der Waals surface area (Å²) in [7, 11) is 1.62. The molecule has 1 N–H and O–H groups in total. The Morgan fingerprint density at radius 3 is 2.52 bits per heavy atom. The van der Waals surface area contributed by atoms with Gasteiger partial charge in [-0.15, -0.1) is 0 Å². The fraction of sp³-hybridized carbons (Fsp3) is 0.250. The molecule has 1 aliphatic heterocycles. The molecule has 3 aromatic rings. The monoisotopic (exact) mass is 421 g/mol. The van der Waals surface area contributed by atoms with Crippen molar-refractivity contribution in [3.63, 3.8) is 0 Å². The molecule has 0 radical (unpaired) electrons. The number of carbonyl (C=O) groups excluding carboxylic acids is 2. The average molecular weight is 421 g/mol. The van der Waals surface area contributed by atoms with Gasteiger partial charge in [-0.2, -0.15) is 0 Å². The van der Waals surface area contributed by atoms with E-state index < -0.39 is 17.8 Å². The molecule has 1 amide bonds. The minimum Gasteiger partial charge on any atom is -0.497 e. The Morgan fingerprint density at radius 1 is 0.968 bits per heavy atom. The lowest BCUT2D eigenvalue weighted by Gasteiger charge is -2.19. The van der Waals surface area contributed by atoms with Gasteiger partial charge < -0.3 is 24.3 Å². The van der Waals surface area contributed by atoms with Crippen LogP contribution in [0.4, 0.5) is 5.69 Å². The molecule has 0 saturated heterocycles. The van der Waals surface area contributed by atoms with Gasteiger partial charge in [-0.05, 0) is 47.5 Å². The largest absolute Gasteiger partial charge is 0.497 e. The second kappa shape index (κ2) is 8.95. The van der Waals surface area contributed by atoms with Crippen LogP contribution in [0.5, 0.6) is 17.2 Å². The summed E-state index contributed by atoms with van der Waals surface area (Å²) in [6, 6.07) is 16.6. The lowest BCUT2D eigenvalue weighted by Crippen LogP contribution is -2.23. The molecule has 1 aliphatic rings. The number of fused-ring (bicyclic) bond motifs is 2. The van der Waals surface area contributed by atoms with Crippen molar-refractivity contribution in [2.75, 3.05) is 32.2 Å². The summed E-state index contributed by atoms with van der Waals surface area (Å²) < 4.78 is 21.4. The van der Waals surface area contributed by atoms with Gasteiger partial charge in [-0.1, -0.05) is 24.3 Å². The highest BCUT2D eigenvalue weighted by molar-refractivity contribution is 5.94. The number of anilines is 1. The van der Waals surface area contributed by atoms with Gasteiger partial charge in [-0.25, -0.2) is 0 Å². The molecular formula is C24H23NO6. The normalized spacial score (nSPS) is 13.4. The van der Waals surface area contributed by atoms with Crippen molar-refractivity contribution in [3.05, 3.63) is 60.2 Å². The number of esters is 1. The lowest BCUT2D eigenvalue weighted by molar-refractivity contribution is -0.148. The SMILES string of the molecule is COc1ccc2cc([C@H](C)C(=O)OCC(=O)Nc3ccc4c(c3)OCCO4)ccc2c1. The number of hydrogen-bond donors (Lipinski definition) is 1. The van der Waals surface area contributed by atoms with E-state index in [1.54, 1.807) is 32.2 Å². The zero-order valence-electron chi connectivity index (χ0n) is 17.3. The minimum atomic E-state index is -0.506. The molecule has 0 aromatic heterocycles. The van der Waals surface area contributed by atoms with Crippen LogP contribution >= 0.6 is 0 Å². The maximum atomic E-state index is 12.5. The van der Waals surface area contributed by atoms with Gasteiger partial charge in [-0.3, -0.25) is 9.59 Å². The van der Waals surface area contributed by atoms with Crippen LogP contribution in [0.1, 0.15) is 18.4 Å². The first-order valence-electron chi connectivity index (χ1n) is 9.97. The number of amides is 1. The van der Waals surface area contributed by atoms with Gasteiger partial charge in [0.1, 0.15) is 19.0 Å². The van der Waals surface area contributed by atoms with Crippen LogP contribution in [-0.2, 0) is 14.3 Å². The maximum Gasteiger partial charge on any atom is 0.313 e. The number of nitrogens with one attached hydrogen (secondary N) is 1. The summed E-state index contributed by atoms with van der Waals surface area (Å²) in [4.78, 5) is 24.7. The van der Waals surface area contributed by atoms with Crippen molar-refractivity contribution in [1.29, 1.82) is 0 Å². The molecule has 0 spiro atoms. The maximum absolute atomic E-state index is 12.5. The zero-order valence-corrected chi connectivity index (χ0v) is 17.3. The van der Waals surface area contributed by atoms with Crippen LogP contribution in [0.15, 0.2) is 54.6 Å². The third-order valence-corrected chi connectivity index (χ3v) is 5.10. The molecule has 7 heteroatoms. The van der Waals surface area contributed by atoms with Crippen LogP contribution in [0.3, 0.4) is 0 Å². The summed E-state index contributed by atoms with van der Waals surface area (Å²) in [5.74, 6) is 0.584. The van der Waals surface area contributed by atoms with Gasteiger partial charge in [0.25, 0.3) is 5.91 Å². The van der Waals surface area contributed by atoms with Crippen molar-refractivity contribution in [2.45, 2.75) is 12.8 Å². The summed E-state index contributed by atoms with van der Waals surface area (Å²) in [6.45, 7) is 2.34. The third-order valence-electron chi connectivity index (χ3n) is 5.10. The molecule has 0 aliphatic carbocycles. The molecule has 31 heavy (non-hydrogen) atoms. The molecule has 0 unspecified atom stereocenters. The van der Waals surface area contributed by atoms with Crippen molar-refractivity contribution in [2.24, 2.45) is 0 Å². The van der Waals surface area contributed by atoms with Crippen LogP contribution < -0.4 is 19.5 Å². The first-order valence-corrected chi connectivity index (χ1v) is 9.97. The highest BCUT2D eigenvalue weighted by Crippen LogP contribution is 2.32. The second-order valence-electron chi connectivity index (χ2n) is 7.21. The Kier molecular flexibility index (Phi) is 5.93. The molecule has 4 rings (SSSR count). The quantitative estimate of drug-likeness (QED) is 0.608.